The first-order valence-corrected chi connectivity index (χ1v) is 8.86. The topological polar surface area (TPSA) is 122 Å². The lowest BCUT2D eigenvalue weighted by Gasteiger charge is -2.25. The van der Waals surface area contributed by atoms with E-state index in [1.807, 2.05) is 13.8 Å². The van der Waals surface area contributed by atoms with Crippen LogP contribution >= 0.6 is 0 Å². The number of rotatable bonds is 8. The van der Waals surface area contributed by atoms with Crippen LogP contribution in [0.4, 0.5) is 4.79 Å². The maximum atomic E-state index is 12.8. The van der Waals surface area contributed by atoms with Crippen LogP contribution in [0.25, 0.3) is 0 Å². The van der Waals surface area contributed by atoms with Crippen molar-refractivity contribution in [3.63, 3.8) is 0 Å². The van der Waals surface area contributed by atoms with Crippen LogP contribution in [0.5, 0.6) is 0 Å². The second kappa shape index (κ2) is 9.94. The van der Waals surface area contributed by atoms with Crippen LogP contribution in [-0.2, 0) is 25.5 Å². The van der Waals surface area contributed by atoms with Crippen LogP contribution in [0.15, 0.2) is 12.5 Å². The first-order chi connectivity index (χ1) is 12.5. The van der Waals surface area contributed by atoms with Crippen molar-refractivity contribution in [1.82, 2.24) is 20.6 Å². The molecule has 0 saturated carbocycles. The molecule has 3 N–H and O–H groups in total. The van der Waals surface area contributed by atoms with Crippen molar-refractivity contribution in [2.75, 3.05) is 7.11 Å². The number of carbonyl (C=O) groups is 3. The van der Waals surface area contributed by atoms with Gasteiger partial charge in [-0.25, -0.2) is 14.6 Å². The fraction of sp³-hybridized carbons (Fsp3) is 0.667. The molecule has 1 aromatic rings. The Morgan fingerprint density at radius 1 is 1.19 bits per heavy atom. The SMILES string of the molecule is COC(=O)C(CC(C)C)NC(=O)[C@H](Cc1cnc[nH]1)NC(=O)OC(C)(C)C. The number of esters is 1. The predicted molar refractivity (Wildman–Crippen MR) is 98.9 cm³/mol. The molecule has 0 aliphatic rings. The summed E-state index contributed by atoms with van der Waals surface area (Å²) >= 11 is 0. The van der Waals surface area contributed by atoms with E-state index < -0.39 is 35.7 Å². The van der Waals surface area contributed by atoms with Crippen LogP contribution in [0.3, 0.4) is 0 Å². The number of hydrogen-bond donors (Lipinski definition) is 3. The molecule has 0 aromatic carbocycles. The van der Waals surface area contributed by atoms with Crippen LogP contribution in [0.2, 0.25) is 0 Å². The van der Waals surface area contributed by atoms with Gasteiger partial charge >= 0.3 is 12.1 Å². The van der Waals surface area contributed by atoms with Gasteiger partial charge < -0.3 is 25.1 Å². The van der Waals surface area contributed by atoms with Crippen LogP contribution in [0, 0.1) is 5.92 Å². The molecule has 1 aromatic heterocycles. The average Bonchev–Trinajstić information content (AvgIpc) is 3.03. The Kier molecular flexibility index (Phi) is 8.27. The van der Waals surface area contributed by atoms with Gasteiger partial charge in [-0.15, -0.1) is 0 Å². The number of amides is 2. The molecule has 0 bridgehead atoms. The minimum atomic E-state index is -0.945. The molecular formula is C18H30N4O5. The fourth-order valence-electron chi connectivity index (χ4n) is 2.38. The van der Waals surface area contributed by atoms with E-state index in [1.165, 1.54) is 13.4 Å². The van der Waals surface area contributed by atoms with Gasteiger partial charge in [0.25, 0.3) is 0 Å². The Morgan fingerprint density at radius 3 is 2.33 bits per heavy atom. The molecule has 9 heteroatoms. The summed E-state index contributed by atoms with van der Waals surface area (Å²) in [6.07, 6.45) is 2.90. The lowest BCUT2D eigenvalue weighted by atomic mass is 10.0. The molecule has 1 unspecified atom stereocenters. The molecule has 2 atom stereocenters. The summed E-state index contributed by atoms with van der Waals surface area (Å²) in [5.74, 6) is -0.875. The highest BCUT2D eigenvalue weighted by Gasteiger charge is 2.29. The maximum Gasteiger partial charge on any atom is 0.408 e. The number of H-pyrrole nitrogens is 1. The van der Waals surface area contributed by atoms with Crippen molar-refractivity contribution in [2.45, 2.75) is 65.1 Å². The molecule has 2 amide bonds. The summed E-state index contributed by atoms with van der Waals surface area (Å²) in [7, 11) is 1.27. The highest BCUT2D eigenvalue weighted by atomic mass is 16.6. The van der Waals surface area contributed by atoms with E-state index in [2.05, 4.69) is 20.6 Å². The summed E-state index contributed by atoms with van der Waals surface area (Å²) in [4.78, 5) is 43.6. The molecule has 0 fully saturated rings. The molecule has 0 radical (unpaired) electrons. The zero-order valence-electron chi connectivity index (χ0n) is 16.8. The standard InChI is InChI=1S/C18H30N4O5/c1-11(2)7-14(16(24)26-6)21-15(23)13(8-12-9-19-10-20-12)22-17(25)27-18(3,4)5/h9-11,13-14H,7-8H2,1-6H3,(H,19,20)(H,21,23)(H,22,25)/t13-,14?/m0/s1. The van der Waals surface area contributed by atoms with Gasteiger partial charge in [-0.2, -0.15) is 0 Å². The zero-order valence-corrected chi connectivity index (χ0v) is 16.8. The van der Waals surface area contributed by atoms with Crippen molar-refractivity contribution in [1.29, 1.82) is 0 Å². The van der Waals surface area contributed by atoms with Crippen molar-refractivity contribution < 1.29 is 23.9 Å². The monoisotopic (exact) mass is 382 g/mol. The minimum absolute atomic E-state index is 0.166. The van der Waals surface area contributed by atoms with Gasteiger partial charge in [0.15, 0.2) is 0 Å². The first-order valence-electron chi connectivity index (χ1n) is 8.86. The smallest absolute Gasteiger partial charge is 0.408 e. The Labute approximate surface area is 159 Å². The summed E-state index contributed by atoms with van der Waals surface area (Å²) in [6.45, 7) is 9.05. The van der Waals surface area contributed by atoms with Crippen molar-refractivity contribution >= 4 is 18.0 Å². The zero-order chi connectivity index (χ0) is 20.6. The number of nitrogens with zero attached hydrogens (tertiary/aromatic N) is 1. The third-order valence-corrected chi connectivity index (χ3v) is 3.50. The Morgan fingerprint density at radius 2 is 1.85 bits per heavy atom. The van der Waals surface area contributed by atoms with E-state index in [4.69, 9.17) is 9.47 Å². The van der Waals surface area contributed by atoms with Gasteiger partial charge in [0.1, 0.15) is 17.7 Å². The van der Waals surface area contributed by atoms with Gasteiger partial charge in [-0.05, 0) is 33.1 Å². The molecule has 1 heterocycles. The lowest BCUT2D eigenvalue weighted by Crippen LogP contribution is -2.53. The maximum absolute atomic E-state index is 12.8. The molecular weight excluding hydrogens is 352 g/mol. The summed E-state index contributed by atoms with van der Waals surface area (Å²) < 4.78 is 9.99. The molecule has 0 spiro atoms. The average molecular weight is 382 g/mol. The normalized spacial score (nSPS) is 13.6. The van der Waals surface area contributed by atoms with E-state index in [9.17, 15) is 14.4 Å². The first kappa shape index (κ1) is 22.5. The second-order valence-electron chi connectivity index (χ2n) is 7.69. The molecule has 1 rings (SSSR count). The van der Waals surface area contributed by atoms with Crippen molar-refractivity contribution in [3.05, 3.63) is 18.2 Å². The van der Waals surface area contributed by atoms with E-state index in [0.29, 0.717) is 12.1 Å². The Hall–Kier alpha value is -2.58. The molecule has 152 valence electrons. The van der Waals surface area contributed by atoms with E-state index in [1.54, 1.807) is 27.0 Å². The number of aromatic amines is 1. The highest BCUT2D eigenvalue weighted by Crippen LogP contribution is 2.10. The lowest BCUT2D eigenvalue weighted by molar-refractivity contribution is -0.145. The minimum Gasteiger partial charge on any atom is -0.467 e. The Balaban J connectivity index is 2.90. The number of alkyl carbamates (subject to hydrolysis) is 1. The summed E-state index contributed by atoms with van der Waals surface area (Å²) in [5, 5.41) is 5.22. The summed E-state index contributed by atoms with van der Waals surface area (Å²) in [6, 6.07) is -1.74. The van der Waals surface area contributed by atoms with E-state index in [0.717, 1.165) is 0 Å². The second-order valence-corrected chi connectivity index (χ2v) is 7.69. The molecule has 0 saturated heterocycles. The van der Waals surface area contributed by atoms with Crippen molar-refractivity contribution in [2.24, 2.45) is 5.92 Å². The van der Waals surface area contributed by atoms with Gasteiger partial charge in [0, 0.05) is 18.3 Å². The Bertz CT molecular complexity index is 622. The van der Waals surface area contributed by atoms with Gasteiger partial charge in [-0.3, -0.25) is 4.79 Å². The molecule has 0 aliphatic carbocycles. The molecule has 9 nitrogen and oxygen atoms in total. The fourth-order valence-corrected chi connectivity index (χ4v) is 2.38. The van der Waals surface area contributed by atoms with Crippen LogP contribution < -0.4 is 10.6 Å². The number of aromatic nitrogens is 2. The number of carbonyl (C=O) groups excluding carboxylic acids is 3. The summed E-state index contributed by atoms with van der Waals surface area (Å²) in [5.41, 5.74) is -0.0460. The number of nitrogens with one attached hydrogen (secondary N) is 3. The molecule has 27 heavy (non-hydrogen) atoms. The largest absolute Gasteiger partial charge is 0.467 e. The number of ether oxygens (including phenoxy) is 2. The van der Waals surface area contributed by atoms with E-state index in [-0.39, 0.29) is 12.3 Å². The van der Waals surface area contributed by atoms with Crippen LogP contribution in [-0.4, -0.2) is 52.7 Å². The third kappa shape index (κ3) is 8.57. The van der Waals surface area contributed by atoms with Gasteiger partial charge in [-0.1, -0.05) is 13.8 Å². The van der Waals surface area contributed by atoms with Gasteiger partial charge in [0.05, 0.1) is 13.4 Å². The van der Waals surface area contributed by atoms with Crippen molar-refractivity contribution in [3.8, 4) is 0 Å². The quantitative estimate of drug-likeness (QED) is 0.586. The predicted octanol–water partition coefficient (Wildman–Crippen LogP) is 1.55. The highest BCUT2D eigenvalue weighted by molar-refractivity contribution is 5.89. The number of methoxy groups -OCH3 is 1. The van der Waals surface area contributed by atoms with E-state index >= 15 is 0 Å². The number of hydrogen-bond acceptors (Lipinski definition) is 6. The van der Waals surface area contributed by atoms with Gasteiger partial charge in [0.2, 0.25) is 5.91 Å². The third-order valence-electron chi connectivity index (χ3n) is 3.50. The van der Waals surface area contributed by atoms with Crippen LogP contribution in [0.1, 0.15) is 46.7 Å². The molecule has 0 aliphatic heterocycles. The number of imidazole rings is 1.